The molecule has 0 spiro atoms. The third-order valence-corrected chi connectivity index (χ3v) is 3.54. The molecule has 1 aromatic carbocycles. The number of carbonyl (C=O) groups is 2. The van der Waals surface area contributed by atoms with Gasteiger partial charge in [0.2, 0.25) is 5.91 Å². The van der Waals surface area contributed by atoms with Crippen LogP contribution >= 0.6 is 0 Å². The lowest BCUT2D eigenvalue weighted by Crippen LogP contribution is -2.25. The molecule has 1 atom stereocenters. The van der Waals surface area contributed by atoms with Crippen molar-refractivity contribution in [3.05, 3.63) is 29.8 Å². The Morgan fingerprint density at radius 2 is 2.05 bits per heavy atom. The van der Waals surface area contributed by atoms with E-state index in [1.165, 1.54) is 5.56 Å². The number of aliphatic carboxylic acids is 1. The fourth-order valence-corrected chi connectivity index (χ4v) is 2.35. The van der Waals surface area contributed by atoms with Gasteiger partial charge in [-0.3, -0.25) is 9.59 Å². The van der Waals surface area contributed by atoms with Gasteiger partial charge in [-0.1, -0.05) is 25.5 Å². The van der Waals surface area contributed by atoms with Crippen LogP contribution in [0.25, 0.3) is 0 Å². The van der Waals surface area contributed by atoms with Crippen LogP contribution in [0.5, 0.6) is 0 Å². The molecule has 0 bridgehead atoms. The minimum atomic E-state index is -0.893. The molecule has 4 nitrogen and oxygen atoms in total. The fourth-order valence-electron chi connectivity index (χ4n) is 2.35. The van der Waals surface area contributed by atoms with Crippen molar-refractivity contribution in [3.63, 3.8) is 0 Å². The predicted molar refractivity (Wildman–Crippen MR) is 73.1 cm³/mol. The lowest BCUT2D eigenvalue weighted by molar-refractivity contribution is -0.141. The van der Waals surface area contributed by atoms with Crippen molar-refractivity contribution >= 4 is 17.6 Å². The Kier molecular flexibility index (Phi) is 4.20. The smallest absolute Gasteiger partial charge is 0.308 e. The average molecular weight is 261 g/mol. The van der Waals surface area contributed by atoms with E-state index < -0.39 is 11.9 Å². The number of amides is 1. The molecule has 1 unspecified atom stereocenters. The standard InChI is InChI=1S/C15H19NO3/c1-2-3-4-11-5-7-13(8-6-11)16-10-12(15(18)19)9-14(16)17/h5-8,12H,2-4,9-10H2,1H3,(H,18,19). The maximum absolute atomic E-state index is 11.8. The molecule has 19 heavy (non-hydrogen) atoms. The van der Waals surface area contributed by atoms with Crippen LogP contribution in [-0.4, -0.2) is 23.5 Å². The SMILES string of the molecule is CCCCc1ccc(N2CC(C(=O)O)CC2=O)cc1. The van der Waals surface area contributed by atoms with Crippen LogP contribution in [0.1, 0.15) is 31.7 Å². The average Bonchev–Trinajstić information content (AvgIpc) is 2.79. The van der Waals surface area contributed by atoms with Crippen LogP contribution in [0.15, 0.2) is 24.3 Å². The van der Waals surface area contributed by atoms with Gasteiger partial charge in [0.05, 0.1) is 5.92 Å². The van der Waals surface area contributed by atoms with Crippen molar-refractivity contribution in [1.82, 2.24) is 0 Å². The lowest BCUT2D eigenvalue weighted by Gasteiger charge is -2.16. The van der Waals surface area contributed by atoms with E-state index in [1.807, 2.05) is 24.3 Å². The summed E-state index contributed by atoms with van der Waals surface area (Å²) in [6.45, 7) is 2.44. The zero-order valence-electron chi connectivity index (χ0n) is 11.1. The van der Waals surface area contributed by atoms with Gasteiger partial charge in [0.25, 0.3) is 0 Å². The van der Waals surface area contributed by atoms with E-state index in [1.54, 1.807) is 4.90 Å². The first-order chi connectivity index (χ1) is 9.11. The highest BCUT2D eigenvalue weighted by Crippen LogP contribution is 2.25. The predicted octanol–water partition coefficient (Wildman–Crippen LogP) is 2.47. The molecule has 1 saturated heterocycles. The maximum atomic E-state index is 11.8. The summed E-state index contributed by atoms with van der Waals surface area (Å²) in [6, 6.07) is 7.86. The van der Waals surface area contributed by atoms with E-state index in [0.717, 1.165) is 24.9 Å². The number of anilines is 1. The summed E-state index contributed by atoms with van der Waals surface area (Å²) in [5.74, 6) is -1.57. The number of rotatable bonds is 5. The van der Waals surface area contributed by atoms with Crippen molar-refractivity contribution in [2.45, 2.75) is 32.6 Å². The van der Waals surface area contributed by atoms with E-state index in [9.17, 15) is 9.59 Å². The van der Waals surface area contributed by atoms with Gasteiger partial charge >= 0.3 is 5.97 Å². The first-order valence-electron chi connectivity index (χ1n) is 6.74. The number of unbranched alkanes of at least 4 members (excludes halogenated alkanes) is 1. The molecule has 0 saturated carbocycles. The van der Waals surface area contributed by atoms with E-state index in [2.05, 4.69) is 6.92 Å². The van der Waals surface area contributed by atoms with Crippen LogP contribution in [0.2, 0.25) is 0 Å². The van der Waals surface area contributed by atoms with Gasteiger partial charge < -0.3 is 10.0 Å². The molecule has 0 aromatic heterocycles. The van der Waals surface area contributed by atoms with Crippen molar-refractivity contribution in [2.24, 2.45) is 5.92 Å². The van der Waals surface area contributed by atoms with Crippen molar-refractivity contribution in [1.29, 1.82) is 0 Å². The van der Waals surface area contributed by atoms with Gasteiger partial charge in [-0.15, -0.1) is 0 Å². The molecule has 0 aliphatic carbocycles. The highest BCUT2D eigenvalue weighted by molar-refractivity contribution is 5.99. The van der Waals surface area contributed by atoms with E-state index in [-0.39, 0.29) is 18.9 Å². The number of nitrogens with zero attached hydrogens (tertiary/aromatic N) is 1. The zero-order valence-corrected chi connectivity index (χ0v) is 11.1. The number of hydrogen-bond acceptors (Lipinski definition) is 2. The Balaban J connectivity index is 2.06. The normalized spacial score (nSPS) is 18.9. The van der Waals surface area contributed by atoms with Crippen molar-refractivity contribution < 1.29 is 14.7 Å². The van der Waals surface area contributed by atoms with Crippen LogP contribution in [0, 0.1) is 5.92 Å². The molecule has 1 fully saturated rings. The summed E-state index contributed by atoms with van der Waals surface area (Å²) in [5.41, 5.74) is 2.06. The number of hydrogen-bond donors (Lipinski definition) is 1. The summed E-state index contributed by atoms with van der Waals surface area (Å²) >= 11 is 0. The van der Waals surface area contributed by atoms with Crippen LogP contribution in [0.4, 0.5) is 5.69 Å². The Hall–Kier alpha value is -1.84. The minimum Gasteiger partial charge on any atom is -0.481 e. The Bertz CT molecular complexity index is 467. The highest BCUT2D eigenvalue weighted by atomic mass is 16.4. The molecule has 4 heteroatoms. The van der Waals surface area contributed by atoms with Crippen molar-refractivity contribution in [3.8, 4) is 0 Å². The van der Waals surface area contributed by atoms with Crippen molar-refractivity contribution in [2.75, 3.05) is 11.4 Å². The Morgan fingerprint density at radius 3 is 2.58 bits per heavy atom. The van der Waals surface area contributed by atoms with Crippen LogP contribution in [-0.2, 0) is 16.0 Å². The number of carboxylic acids is 1. The fraction of sp³-hybridized carbons (Fsp3) is 0.467. The first-order valence-corrected chi connectivity index (χ1v) is 6.74. The lowest BCUT2D eigenvalue weighted by atomic mass is 10.1. The summed E-state index contributed by atoms with van der Waals surface area (Å²) < 4.78 is 0. The molecule has 1 N–H and O–H groups in total. The Labute approximate surface area is 113 Å². The molecule has 1 aliphatic heterocycles. The first kappa shape index (κ1) is 13.6. The molecular formula is C15H19NO3. The summed E-state index contributed by atoms with van der Waals surface area (Å²) in [7, 11) is 0. The number of benzene rings is 1. The third-order valence-electron chi connectivity index (χ3n) is 3.54. The number of carboxylic acid groups (broad SMARTS) is 1. The molecule has 1 aromatic rings. The number of carbonyl (C=O) groups excluding carboxylic acids is 1. The summed E-state index contributed by atoms with van der Waals surface area (Å²) in [4.78, 5) is 24.3. The largest absolute Gasteiger partial charge is 0.481 e. The summed E-state index contributed by atoms with van der Waals surface area (Å²) in [6.07, 6.45) is 3.46. The quantitative estimate of drug-likeness (QED) is 0.885. The van der Waals surface area contributed by atoms with Gasteiger partial charge in [-0.25, -0.2) is 0 Å². The molecule has 0 radical (unpaired) electrons. The van der Waals surface area contributed by atoms with E-state index in [0.29, 0.717) is 0 Å². The van der Waals surface area contributed by atoms with Crippen LogP contribution < -0.4 is 4.90 Å². The van der Waals surface area contributed by atoms with Gasteiger partial charge in [0.1, 0.15) is 0 Å². The van der Waals surface area contributed by atoms with Gasteiger partial charge in [-0.05, 0) is 30.5 Å². The molecule has 2 rings (SSSR count). The minimum absolute atomic E-state index is 0.103. The zero-order chi connectivity index (χ0) is 13.8. The Morgan fingerprint density at radius 1 is 1.37 bits per heavy atom. The summed E-state index contributed by atoms with van der Waals surface area (Å²) in [5, 5.41) is 8.96. The molecule has 1 amide bonds. The highest BCUT2D eigenvalue weighted by Gasteiger charge is 2.34. The number of aryl methyl sites for hydroxylation is 1. The van der Waals surface area contributed by atoms with Crippen LogP contribution in [0.3, 0.4) is 0 Å². The molecule has 1 heterocycles. The molecule has 102 valence electrons. The second-order valence-electron chi connectivity index (χ2n) is 5.01. The second kappa shape index (κ2) is 5.87. The second-order valence-corrected chi connectivity index (χ2v) is 5.01. The van der Waals surface area contributed by atoms with Gasteiger partial charge in [0.15, 0.2) is 0 Å². The third kappa shape index (κ3) is 3.13. The topological polar surface area (TPSA) is 57.6 Å². The molecular weight excluding hydrogens is 242 g/mol. The van der Waals surface area contributed by atoms with E-state index >= 15 is 0 Å². The molecule has 1 aliphatic rings. The van der Waals surface area contributed by atoms with Gasteiger partial charge in [0, 0.05) is 18.7 Å². The van der Waals surface area contributed by atoms with Gasteiger partial charge in [-0.2, -0.15) is 0 Å². The monoisotopic (exact) mass is 261 g/mol. The maximum Gasteiger partial charge on any atom is 0.308 e. The van der Waals surface area contributed by atoms with E-state index in [4.69, 9.17) is 5.11 Å².